The van der Waals surface area contributed by atoms with E-state index in [0.29, 0.717) is 0 Å². The van der Waals surface area contributed by atoms with Gasteiger partial charge in [-0.1, -0.05) is 6.07 Å². The molecule has 1 aromatic heterocycles. The van der Waals surface area contributed by atoms with E-state index < -0.39 is 5.60 Å². The molecule has 0 saturated carbocycles. The fourth-order valence-electron chi connectivity index (χ4n) is 2.07. The Labute approximate surface area is 105 Å². The van der Waals surface area contributed by atoms with Gasteiger partial charge in [-0.2, -0.15) is 0 Å². The van der Waals surface area contributed by atoms with Gasteiger partial charge in [0.25, 0.3) is 0 Å². The Hall–Kier alpha value is -0.610. The zero-order valence-corrected chi connectivity index (χ0v) is 11.1. The predicted octanol–water partition coefficient (Wildman–Crippen LogP) is 2.59. The molecule has 2 heterocycles. The van der Waals surface area contributed by atoms with Crippen LogP contribution in [0.15, 0.2) is 22.8 Å². The molecule has 1 N–H and O–H groups in total. The molecule has 3 nitrogen and oxygen atoms in total. The van der Waals surface area contributed by atoms with Gasteiger partial charge in [0.15, 0.2) is 0 Å². The molecule has 1 aliphatic rings. The highest BCUT2D eigenvalue weighted by Crippen LogP contribution is 2.24. The summed E-state index contributed by atoms with van der Waals surface area (Å²) in [6.45, 7) is 3.76. The Morgan fingerprint density at radius 1 is 1.38 bits per heavy atom. The summed E-state index contributed by atoms with van der Waals surface area (Å²) in [4.78, 5) is 6.69. The summed E-state index contributed by atoms with van der Waals surface area (Å²) in [5.74, 6) is 0.993. The average molecular weight is 285 g/mol. The van der Waals surface area contributed by atoms with E-state index in [-0.39, 0.29) is 0 Å². The molecular weight excluding hydrogens is 268 g/mol. The van der Waals surface area contributed by atoms with Crippen LogP contribution in [0.2, 0.25) is 0 Å². The van der Waals surface area contributed by atoms with E-state index in [1.54, 1.807) is 0 Å². The van der Waals surface area contributed by atoms with Crippen molar-refractivity contribution in [2.24, 2.45) is 0 Å². The van der Waals surface area contributed by atoms with Gasteiger partial charge in [-0.15, -0.1) is 0 Å². The molecule has 1 fully saturated rings. The van der Waals surface area contributed by atoms with Crippen LogP contribution >= 0.6 is 15.9 Å². The van der Waals surface area contributed by atoms with Crippen molar-refractivity contribution in [1.29, 1.82) is 0 Å². The first kappa shape index (κ1) is 11.9. The molecule has 0 aromatic carbocycles. The number of aliphatic hydroxyl groups is 1. The number of hydrogen-bond donors (Lipinski definition) is 1. The number of hydrogen-bond acceptors (Lipinski definition) is 3. The van der Waals surface area contributed by atoms with E-state index in [9.17, 15) is 5.11 Å². The topological polar surface area (TPSA) is 36.4 Å². The van der Waals surface area contributed by atoms with Gasteiger partial charge in [-0.3, -0.25) is 0 Å². The van der Waals surface area contributed by atoms with Crippen LogP contribution in [0.3, 0.4) is 0 Å². The normalized spacial score (nSPS) is 26.6. The molecule has 1 saturated heterocycles. The molecule has 0 aliphatic carbocycles. The lowest BCUT2D eigenvalue weighted by molar-refractivity contribution is 0.0481. The zero-order chi connectivity index (χ0) is 11.6. The number of rotatable bonds is 1. The fourth-order valence-corrected chi connectivity index (χ4v) is 2.40. The Kier molecular flexibility index (Phi) is 3.50. The maximum atomic E-state index is 10.0. The first-order chi connectivity index (χ1) is 7.57. The van der Waals surface area contributed by atoms with Crippen molar-refractivity contribution in [1.82, 2.24) is 4.98 Å². The SMILES string of the molecule is CC1(O)CCCN(c2cccc(Br)n2)CC1. The third-order valence-electron chi connectivity index (χ3n) is 3.09. The van der Waals surface area contributed by atoms with Gasteiger partial charge in [-0.05, 0) is 54.2 Å². The van der Waals surface area contributed by atoms with E-state index in [1.807, 2.05) is 25.1 Å². The van der Waals surface area contributed by atoms with Crippen molar-refractivity contribution in [2.45, 2.75) is 31.8 Å². The molecule has 0 radical (unpaired) electrons. The number of nitrogens with zero attached hydrogens (tertiary/aromatic N) is 2. The van der Waals surface area contributed by atoms with Crippen molar-refractivity contribution in [3.8, 4) is 0 Å². The lowest BCUT2D eigenvalue weighted by Gasteiger charge is -2.23. The van der Waals surface area contributed by atoms with E-state index in [1.165, 1.54) is 0 Å². The fraction of sp³-hybridized carbons (Fsp3) is 0.583. The van der Waals surface area contributed by atoms with Crippen LogP contribution in [-0.2, 0) is 0 Å². The molecule has 1 aliphatic heterocycles. The average Bonchev–Trinajstić information content (AvgIpc) is 2.39. The van der Waals surface area contributed by atoms with Gasteiger partial charge < -0.3 is 10.0 Å². The quantitative estimate of drug-likeness (QED) is 0.806. The van der Waals surface area contributed by atoms with Gasteiger partial charge in [-0.25, -0.2) is 4.98 Å². The minimum Gasteiger partial charge on any atom is -0.390 e. The summed E-state index contributed by atoms with van der Waals surface area (Å²) in [7, 11) is 0. The third kappa shape index (κ3) is 2.95. The molecule has 1 atom stereocenters. The van der Waals surface area contributed by atoms with Crippen LogP contribution in [-0.4, -0.2) is 28.8 Å². The van der Waals surface area contributed by atoms with Crippen molar-refractivity contribution in [2.75, 3.05) is 18.0 Å². The second kappa shape index (κ2) is 4.72. The highest BCUT2D eigenvalue weighted by atomic mass is 79.9. The molecule has 2 rings (SSSR count). The molecule has 16 heavy (non-hydrogen) atoms. The first-order valence-corrected chi connectivity index (χ1v) is 6.46. The van der Waals surface area contributed by atoms with Crippen LogP contribution in [0, 0.1) is 0 Å². The lowest BCUT2D eigenvalue weighted by Crippen LogP contribution is -2.28. The second-order valence-electron chi connectivity index (χ2n) is 4.66. The van der Waals surface area contributed by atoms with Crippen LogP contribution in [0.25, 0.3) is 0 Å². The van der Waals surface area contributed by atoms with Crippen molar-refractivity contribution < 1.29 is 5.11 Å². The first-order valence-electron chi connectivity index (χ1n) is 5.67. The van der Waals surface area contributed by atoms with Crippen molar-refractivity contribution >= 4 is 21.7 Å². The monoisotopic (exact) mass is 284 g/mol. The van der Waals surface area contributed by atoms with Crippen molar-refractivity contribution in [3.05, 3.63) is 22.8 Å². The molecule has 1 unspecified atom stereocenters. The van der Waals surface area contributed by atoms with Crippen LogP contribution in [0.4, 0.5) is 5.82 Å². The Bertz CT molecular complexity index is 368. The predicted molar refractivity (Wildman–Crippen MR) is 68.6 cm³/mol. The molecular formula is C12H17BrN2O. The number of halogens is 1. The molecule has 4 heteroatoms. The minimum absolute atomic E-state index is 0.513. The molecule has 0 bridgehead atoms. The summed E-state index contributed by atoms with van der Waals surface area (Å²) in [6.07, 6.45) is 2.69. The molecule has 0 spiro atoms. The summed E-state index contributed by atoms with van der Waals surface area (Å²) in [5, 5.41) is 10.0. The highest BCUT2D eigenvalue weighted by molar-refractivity contribution is 9.10. The summed E-state index contributed by atoms with van der Waals surface area (Å²) in [6, 6.07) is 5.94. The van der Waals surface area contributed by atoms with E-state index in [2.05, 4.69) is 25.8 Å². The van der Waals surface area contributed by atoms with E-state index in [0.717, 1.165) is 42.8 Å². The van der Waals surface area contributed by atoms with Crippen LogP contribution in [0.1, 0.15) is 26.2 Å². The van der Waals surface area contributed by atoms with Gasteiger partial charge in [0.2, 0.25) is 0 Å². The van der Waals surface area contributed by atoms with Crippen molar-refractivity contribution in [3.63, 3.8) is 0 Å². The summed E-state index contributed by atoms with van der Waals surface area (Å²) >= 11 is 3.38. The number of pyridine rings is 1. The van der Waals surface area contributed by atoms with E-state index in [4.69, 9.17) is 0 Å². The maximum absolute atomic E-state index is 10.0. The standard InChI is InChI=1S/C12H17BrN2O/c1-12(16)6-3-8-15(9-7-12)11-5-2-4-10(13)14-11/h2,4-5,16H,3,6-9H2,1H3. The van der Waals surface area contributed by atoms with Gasteiger partial charge in [0.05, 0.1) is 5.60 Å². The Balaban J connectivity index is 2.11. The van der Waals surface area contributed by atoms with Crippen LogP contribution < -0.4 is 4.90 Å². The largest absolute Gasteiger partial charge is 0.390 e. The molecule has 1 aromatic rings. The van der Waals surface area contributed by atoms with Gasteiger partial charge >= 0.3 is 0 Å². The van der Waals surface area contributed by atoms with Crippen LogP contribution in [0.5, 0.6) is 0 Å². The smallest absolute Gasteiger partial charge is 0.129 e. The van der Waals surface area contributed by atoms with Gasteiger partial charge in [0.1, 0.15) is 10.4 Å². The summed E-state index contributed by atoms with van der Waals surface area (Å²) in [5.41, 5.74) is -0.513. The minimum atomic E-state index is -0.513. The van der Waals surface area contributed by atoms with E-state index >= 15 is 0 Å². The third-order valence-corrected chi connectivity index (χ3v) is 3.53. The lowest BCUT2D eigenvalue weighted by atomic mass is 9.98. The number of aromatic nitrogens is 1. The molecule has 88 valence electrons. The highest BCUT2D eigenvalue weighted by Gasteiger charge is 2.25. The Morgan fingerprint density at radius 3 is 2.94 bits per heavy atom. The zero-order valence-electron chi connectivity index (χ0n) is 9.49. The van der Waals surface area contributed by atoms with Gasteiger partial charge in [0, 0.05) is 13.1 Å². The molecule has 0 amide bonds. The maximum Gasteiger partial charge on any atom is 0.129 e. The number of anilines is 1. The second-order valence-corrected chi connectivity index (χ2v) is 5.47. The Morgan fingerprint density at radius 2 is 2.19 bits per heavy atom. The summed E-state index contributed by atoms with van der Waals surface area (Å²) < 4.78 is 0.862.